The molecule has 0 aliphatic carbocycles. The van der Waals surface area contributed by atoms with Crippen LogP contribution in [0.4, 0.5) is 13.2 Å². The molecule has 1 aromatic carbocycles. The van der Waals surface area contributed by atoms with E-state index in [-0.39, 0.29) is 17.8 Å². The first kappa shape index (κ1) is 18.8. The molecule has 140 valence electrons. The minimum absolute atomic E-state index is 0.179. The van der Waals surface area contributed by atoms with Gasteiger partial charge in [-0.05, 0) is 17.7 Å². The van der Waals surface area contributed by atoms with Crippen molar-refractivity contribution in [3.8, 4) is 0 Å². The second kappa shape index (κ2) is 7.75. The molecule has 0 saturated carbocycles. The van der Waals surface area contributed by atoms with E-state index >= 15 is 0 Å². The molecule has 1 N–H and O–H groups in total. The van der Waals surface area contributed by atoms with Crippen LogP contribution in [0.1, 0.15) is 27.7 Å². The average Bonchev–Trinajstić information content (AvgIpc) is 3.10. The van der Waals surface area contributed by atoms with Crippen LogP contribution in [0.2, 0.25) is 5.02 Å². The topological polar surface area (TPSA) is 72.7 Å². The maximum Gasteiger partial charge on any atom is 0.412 e. The molecule has 0 radical (unpaired) electrons. The summed E-state index contributed by atoms with van der Waals surface area (Å²) in [6.45, 7) is 0.227. The third kappa shape index (κ3) is 4.62. The van der Waals surface area contributed by atoms with Gasteiger partial charge in [0.25, 0.3) is 5.91 Å². The Morgan fingerprint density at radius 3 is 2.67 bits per heavy atom. The lowest BCUT2D eigenvalue weighted by Gasteiger charge is -2.21. The Kier molecular flexibility index (Phi) is 5.41. The minimum Gasteiger partial charge on any atom is -0.335 e. The van der Waals surface area contributed by atoms with E-state index in [9.17, 15) is 18.0 Å². The molecule has 3 aromatic rings. The van der Waals surface area contributed by atoms with Crippen LogP contribution in [0.15, 0.2) is 55.0 Å². The summed E-state index contributed by atoms with van der Waals surface area (Å²) in [5.41, 5.74) is 0.321. The number of hydrogen-bond donors (Lipinski definition) is 1. The number of carbonyl (C=O) groups is 1. The Morgan fingerprint density at radius 1 is 1.22 bits per heavy atom. The first-order valence-electron chi connectivity index (χ1n) is 7.75. The molecule has 2 aromatic heterocycles. The van der Waals surface area contributed by atoms with Gasteiger partial charge >= 0.3 is 6.18 Å². The van der Waals surface area contributed by atoms with Crippen LogP contribution in [0.3, 0.4) is 0 Å². The molecule has 0 fully saturated rings. The van der Waals surface area contributed by atoms with E-state index in [0.717, 1.165) is 11.8 Å². The van der Waals surface area contributed by atoms with Crippen LogP contribution >= 0.6 is 11.6 Å². The summed E-state index contributed by atoms with van der Waals surface area (Å²) in [7, 11) is 0. The van der Waals surface area contributed by atoms with Crippen molar-refractivity contribution in [2.24, 2.45) is 0 Å². The fourth-order valence-corrected chi connectivity index (χ4v) is 2.58. The molecular formula is C17H13ClF3N5O. The summed E-state index contributed by atoms with van der Waals surface area (Å²) >= 11 is 6.06. The Balaban J connectivity index is 1.76. The minimum atomic E-state index is -4.69. The largest absolute Gasteiger partial charge is 0.412 e. The van der Waals surface area contributed by atoms with Crippen molar-refractivity contribution in [3.05, 3.63) is 76.8 Å². The predicted molar refractivity (Wildman–Crippen MR) is 91.1 cm³/mol. The van der Waals surface area contributed by atoms with Gasteiger partial charge in [0.05, 0.1) is 12.7 Å². The van der Waals surface area contributed by atoms with Gasteiger partial charge in [-0.2, -0.15) is 13.2 Å². The van der Waals surface area contributed by atoms with E-state index in [1.807, 2.05) is 5.32 Å². The smallest absolute Gasteiger partial charge is 0.335 e. The SMILES string of the molecule is O=C(NC(c1cccnc1)C(F)(F)F)c1cn(Cc2ccccc2Cl)nn1. The molecule has 27 heavy (non-hydrogen) atoms. The summed E-state index contributed by atoms with van der Waals surface area (Å²) in [5, 5.41) is 9.85. The second-order valence-electron chi connectivity index (χ2n) is 5.63. The van der Waals surface area contributed by atoms with Gasteiger partial charge < -0.3 is 5.32 Å². The van der Waals surface area contributed by atoms with Crippen molar-refractivity contribution in [1.29, 1.82) is 0 Å². The van der Waals surface area contributed by atoms with Gasteiger partial charge in [0, 0.05) is 23.0 Å². The summed E-state index contributed by atoms with van der Waals surface area (Å²) in [4.78, 5) is 15.9. The first-order valence-corrected chi connectivity index (χ1v) is 8.13. The van der Waals surface area contributed by atoms with E-state index in [1.165, 1.54) is 29.2 Å². The molecule has 1 amide bonds. The Labute approximate surface area is 157 Å². The Hall–Kier alpha value is -2.94. The summed E-state index contributed by atoms with van der Waals surface area (Å²) < 4.78 is 41.3. The summed E-state index contributed by atoms with van der Waals surface area (Å²) in [5.74, 6) is -0.994. The van der Waals surface area contributed by atoms with E-state index in [1.54, 1.807) is 24.3 Å². The highest BCUT2D eigenvalue weighted by atomic mass is 35.5. The third-order valence-corrected chi connectivity index (χ3v) is 4.05. The first-order chi connectivity index (χ1) is 12.8. The maximum absolute atomic E-state index is 13.3. The van der Waals surface area contributed by atoms with Crippen LogP contribution in [-0.4, -0.2) is 32.1 Å². The molecule has 0 bridgehead atoms. The number of alkyl halides is 3. The van der Waals surface area contributed by atoms with E-state index in [2.05, 4.69) is 15.3 Å². The molecule has 0 aliphatic heterocycles. The number of carbonyl (C=O) groups excluding carboxylic acids is 1. The zero-order valence-electron chi connectivity index (χ0n) is 13.7. The molecule has 1 atom stereocenters. The fraction of sp³-hybridized carbons (Fsp3) is 0.176. The van der Waals surface area contributed by atoms with Crippen LogP contribution in [0, 0.1) is 0 Å². The van der Waals surface area contributed by atoms with Gasteiger partial charge in [-0.1, -0.05) is 41.1 Å². The molecule has 3 rings (SSSR count). The molecule has 0 spiro atoms. The lowest BCUT2D eigenvalue weighted by Crippen LogP contribution is -2.38. The number of halogens is 4. The zero-order valence-corrected chi connectivity index (χ0v) is 14.4. The Bertz CT molecular complexity index is 930. The number of rotatable bonds is 5. The van der Waals surface area contributed by atoms with Crippen LogP contribution in [0.25, 0.3) is 0 Å². The number of hydrogen-bond acceptors (Lipinski definition) is 4. The molecule has 0 aliphatic rings. The maximum atomic E-state index is 13.3. The number of nitrogens with one attached hydrogen (secondary N) is 1. The number of aromatic nitrogens is 4. The van der Waals surface area contributed by atoms with Crippen molar-refractivity contribution in [3.63, 3.8) is 0 Å². The second-order valence-corrected chi connectivity index (χ2v) is 6.03. The van der Waals surface area contributed by atoms with E-state index in [4.69, 9.17) is 11.6 Å². The molecule has 6 nitrogen and oxygen atoms in total. The predicted octanol–water partition coefficient (Wildman–Crippen LogP) is 3.41. The zero-order chi connectivity index (χ0) is 19.4. The molecule has 10 heteroatoms. The van der Waals surface area contributed by atoms with Crippen LogP contribution in [-0.2, 0) is 6.54 Å². The van der Waals surface area contributed by atoms with Gasteiger partial charge in [-0.15, -0.1) is 5.10 Å². The monoisotopic (exact) mass is 395 g/mol. The van der Waals surface area contributed by atoms with Gasteiger partial charge in [-0.3, -0.25) is 9.78 Å². The lowest BCUT2D eigenvalue weighted by molar-refractivity contribution is -0.155. The molecule has 2 heterocycles. The van der Waals surface area contributed by atoms with Crippen molar-refractivity contribution in [2.45, 2.75) is 18.8 Å². The highest BCUT2D eigenvalue weighted by Crippen LogP contribution is 2.32. The van der Waals surface area contributed by atoms with Gasteiger partial charge in [-0.25, -0.2) is 4.68 Å². The number of nitrogens with zero attached hydrogens (tertiary/aromatic N) is 4. The molecule has 1 unspecified atom stereocenters. The highest BCUT2D eigenvalue weighted by Gasteiger charge is 2.42. The van der Waals surface area contributed by atoms with Crippen molar-refractivity contribution in [1.82, 2.24) is 25.3 Å². The molecule has 0 saturated heterocycles. The Morgan fingerprint density at radius 2 is 2.00 bits per heavy atom. The standard InChI is InChI=1S/C17H13ClF3N5O/c18-13-6-2-1-4-12(13)9-26-10-14(24-25-26)16(27)23-15(17(19,20)21)11-5-3-7-22-8-11/h1-8,10,15H,9H2,(H,23,27). The van der Waals surface area contributed by atoms with E-state index < -0.39 is 18.1 Å². The van der Waals surface area contributed by atoms with Crippen molar-refractivity contribution >= 4 is 17.5 Å². The number of benzene rings is 1. The van der Waals surface area contributed by atoms with Crippen LogP contribution < -0.4 is 5.32 Å². The van der Waals surface area contributed by atoms with Crippen molar-refractivity contribution < 1.29 is 18.0 Å². The number of pyridine rings is 1. The van der Waals surface area contributed by atoms with Gasteiger partial charge in [0.1, 0.15) is 0 Å². The van der Waals surface area contributed by atoms with Crippen LogP contribution in [0.5, 0.6) is 0 Å². The average molecular weight is 396 g/mol. The third-order valence-electron chi connectivity index (χ3n) is 3.68. The van der Waals surface area contributed by atoms with Gasteiger partial charge in [0.2, 0.25) is 0 Å². The molecular weight excluding hydrogens is 383 g/mol. The quantitative estimate of drug-likeness (QED) is 0.718. The normalized spacial score (nSPS) is 12.6. The fourth-order valence-electron chi connectivity index (χ4n) is 2.39. The van der Waals surface area contributed by atoms with E-state index in [0.29, 0.717) is 5.02 Å². The van der Waals surface area contributed by atoms with Gasteiger partial charge in [0.15, 0.2) is 11.7 Å². The highest BCUT2D eigenvalue weighted by molar-refractivity contribution is 6.31. The summed E-state index contributed by atoms with van der Waals surface area (Å²) in [6, 6.07) is 7.41. The summed E-state index contributed by atoms with van der Waals surface area (Å²) in [6.07, 6.45) is -1.03. The lowest BCUT2D eigenvalue weighted by atomic mass is 10.1. The number of amides is 1. The van der Waals surface area contributed by atoms with Crippen molar-refractivity contribution in [2.75, 3.05) is 0 Å².